The maximum absolute atomic E-state index is 2.40. The summed E-state index contributed by atoms with van der Waals surface area (Å²) >= 11 is 0. The van der Waals surface area contributed by atoms with E-state index >= 15 is 0 Å². The van der Waals surface area contributed by atoms with Gasteiger partial charge in [0, 0.05) is 0 Å². The second-order valence-corrected chi connectivity index (χ2v) is 4.40. The topological polar surface area (TPSA) is 0 Å². The highest BCUT2D eigenvalue weighted by Gasteiger charge is 2.22. The van der Waals surface area contributed by atoms with Crippen LogP contribution in [0.3, 0.4) is 0 Å². The van der Waals surface area contributed by atoms with Gasteiger partial charge >= 0.3 is 0 Å². The van der Waals surface area contributed by atoms with Gasteiger partial charge in [-0.1, -0.05) is 52.8 Å². The molecule has 0 rings (SSSR count). The molecule has 0 N–H and O–H groups in total. The summed E-state index contributed by atoms with van der Waals surface area (Å²) in [6, 6.07) is 0. The van der Waals surface area contributed by atoms with E-state index in [9.17, 15) is 0 Å². The third-order valence-electron chi connectivity index (χ3n) is 3.12. The fourth-order valence-electron chi connectivity index (χ4n) is 1.43. The molecule has 0 aliphatic rings. The summed E-state index contributed by atoms with van der Waals surface area (Å²) in [6.07, 6.45) is 5.42. The third-order valence-corrected chi connectivity index (χ3v) is 3.12. The first-order chi connectivity index (χ1) is 5.04. The van der Waals surface area contributed by atoms with Crippen molar-refractivity contribution in [2.45, 2.75) is 59.2 Å². The third kappa shape index (κ3) is 3.84. The van der Waals surface area contributed by atoms with E-state index in [1.165, 1.54) is 25.7 Å². The predicted molar refractivity (Wildman–Crippen MR) is 55.9 cm³/mol. The van der Waals surface area contributed by atoms with Gasteiger partial charge in [-0.25, -0.2) is 0 Å². The summed E-state index contributed by atoms with van der Waals surface area (Å²) in [5.74, 6) is 0.869. The van der Waals surface area contributed by atoms with Gasteiger partial charge in [-0.05, 0) is 11.8 Å². The fraction of sp³-hybridized carbons (Fsp3) is 1.00. The molecule has 1 atom stereocenters. The average molecular weight is 154 g/mol. The van der Waals surface area contributed by atoms with Crippen molar-refractivity contribution in [3.8, 4) is 0 Å². The quantitative estimate of drug-likeness (QED) is 0.534. The van der Waals surface area contributed by atoms with Crippen molar-refractivity contribution >= 4 is 7.85 Å². The van der Waals surface area contributed by atoms with Crippen molar-refractivity contribution in [2.75, 3.05) is 0 Å². The molecule has 0 amide bonds. The molecule has 66 valence electrons. The molecule has 0 radical (unpaired) electrons. The van der Waals surface area contributed by atoms with E-state index in [0.29, 0.717) is 5.41 Å². The number of hydrogen-bond acceptors (Lipinski definition) is 0. The lowest BCUT2D eigenvalue weighted by molar-refractivity contribution is 0.296. The predicted octanol–water partition coefficient (Wildman–Crippen LogP) is 3.03. The first kappa shape index (κ1) is 11.1. The molecule has 0 aromatic heterocycles. The van der Waals surface area contributed by atoms with Crippen molar-refractivity contribution in [1.82, 2.24) is 0 Å². The molecule has 0 saturated carbocycles. The Kier molecular flexibility index (Phi) is 4.87. The van der Waals surface area contributed by atoms with E-state index in [4.69, 9.17) is 0 Å². The lowest BCUT2D eigenvalue weighted by Gasteiger charge is -2.31. The monoisotopic (exact) mass is 154 g/mol. The summed E-state index contributed by atoms with van der Waals surface area (Å²) in [6.45, 7) is 9.36. The number of unbranched alkanes of at least 4 members (excludes halogenated alkanes) is 1. The van der Waals surface area contributed by atoms with Crippen LogP contribution in [-0.2, 0) is 0 Å². The van der Waals surface area contributed by atoms with Gasteiger partial charge in [0.1, 0.15) is 7.85 Å². The zero-order valence-corrected chi connectivity index (χ0v) is 8.91. The smallest absolute Gasteiger partial charge is 0.0658 e. The van der Waals surface area contributed by atoms with Crippen LogP contribution in [0.2, 0.25) is 5.82 Å². The Balaban J connectivity index is 3.77. The van der Waals surface area contributed by atoms with Gasteiger partial charge in [0.05, 0.1) is 0 Å². The molecular weight excluding hydrogens is 131 g/mol. The van der Waals surface area contributed by atoms with Crippen molar-refractivity contribution in [3.63, 3.8) is 0 Å². The van der Waals surface area contributed by atoms with Crippen LogP contribution in [0.5, 0.6) is 0 Å². The molecular formula is C10H23B. The minimum atomic E-state index is 0.560. The van der Waals surface area contributed by atoms with Gasteiger partial charge in [-0.3, -0.25) is 0 Å². The van der Waals surface area contributed by atoms with Crippen LogP contribution < -0.4 is 0 Å². The maximum atomic E-state index is 2.40. The molecule has 0 nitrogen and oxygen atoms in total. The van der Waals surface area contributed by atoms with E-state index in [1.54, 1.807) is 0 Å². The lowest BCUT2D eigenvalue weighted by atomic mass is 9.64. The molecule has 0 bridgehead atoms. The van der Waals surface area contributed by atoms with Crippen LogP contribution in [0, 0.1) is 5.41 Å². The zero-order valence-electron chi connectivity index (χ0n) is 8.91. The van der Waals surface area contributed by atoms with Crippen molar-refractivity contribution in [2.24, 2.45) is 5.41 Å². The molecule has 1 unspecified atom stereocenters. The molecule has 0 aromatic carbocycles. The standard InChI is InChI=1S/C10H23B/c1-5-7-8-10(3,4)9(11)6-2/h9H,5-8,11H2,1-4H3. The molecule has 0 aliphatic heterocycles. The van der Waals surface area contributed by atoms with Crippen LogP contribution in [0.15, 0.2) is 0 Å². The van der Waals surface area contributed by atoms with Crippen molar-refractivity contribution in [1.29, 1.82) is 0 Å². The SMILES string of the molecule is BC(CC)C(C)(C)CCCC. The highest BCUT2D eigenvalue weighted by Crippen LogP contribution is 2.36. The van der Waals surface area contributed by atoms with E-state index in [0.717, 1.165) is 5.82 Å². The van der Waals surface area contributed by atoms with Gasteiger partial charge in [-0.15, -0.1) is 0 Å². The molecule has 0 aliphatic carbocycles. The van der Waals surface area contributed by atoms with Crippen LogP contribution >= 0.6 is 0 Å². The molecule has 0 fully saturated rings. The number of hydrogen-bond donors (Lipinski definition) is 0. The Bertz CT molecular complexity index is 97.0. The maximum Gasteiger partial charge on any atom is 0.106 e. The molecule has 0 saturated heterocycles. The molecule has 11 heavy (non-hydrogen) atoms. The average Bonchev–Trinajstić information content (AvgIpc) is 1.99. The fourth-order valence-corrected chi connectivity index (χ4v) is 1.43. The summed E-state index contributed by atoms with van der Waals surface area (Å²) in [5, 5.41) is 0. The molecule has 1 heteroatoms. The Morgan fingerprint density at radius 2 is 1.82 bits per heavy atom. The largest absolute Gasteiger partial charge is 0.106 e. The number of rotatable bonds is 5. The van der Waals surface area contributed by atoms with Crippen LogP contribution in [0.1, 0.15) is 53.4 Å². The molecule has 0 heterocycles. The van der Waals surface area contributed by atoms with Crippen molar-refractivity contribution < 1.29 is 0 Å². The van der Waals surface area contributed by atoms with Gasteiger partial charge < -0.3 is 0 Å². The van der Waals surface area contributed by atoms with Crippen LogP contribution in [0.25, 0.3) is 0 Å². The summed E-state index contributed by atoms with van der Waals surface area (Å²) in [5.41, 5.74) is 0.560. The van der Waals surface area contributed by atoms with Crippen LogP contribution in [-0.4, -0.2) is 7.85 Å². The second kappa shape index (κ2) is 4.85. The van der Waals surface area contributed by atoms with Gasteiger partial charge in [-0.2, -0.15) is 0 Å². The van der Waals surface area contributed by atoms with Gasteiger partial charge in [0.15, 0.2) is 0 Å². The second-order valence-electron chi connectivity index (χ2n) is 4.40. The highest BCUT2D eigenvalue weighted by atomic mass is 14.2. The Morgan fingerprint density at radius 1 is 1.27 bits per heavy atom. The van der Waals surface area contributed by atoms with Gasteiger partial charge in [0.25, 0.3) is 0 Å². The summed E-state index contributed by atoms with van der Waals surface area (Å²) in [4.78, 5) is 0. The minimum Gasteiger partial charge on any atom is -0.0658 e. The Labute approximate surface area is 73.2 Å². The lowest BCUT2D eigenvalue weighted by Crippen LogP contribution is -2.18. The van der Waals surface area contributed by atoms with Gasteiger partial charge in [0.2, 0.25) is 0 Å². The van der Waals surface area contributed by atoms with E-state index in [-0.39, 0.29) is 0 Å². The summed E-state index contributed by atoms with van der Waals surface area (Å²) < 4.78 is 0. The van der Waals surface area contributed by atoms with E-state index < -0.39 is 0 Å². The first-order valence-electron chi connectivity index (χ1n) is 5.04. The van der Waals surface area contributed by atoms with E-state index in [1.807, 2.05) is 0 Å². The molecule has 0 aromatic rings. The Morgan fingerprint density at radius 3 is 2.18 bits per heavy atom. The first-order valence-corrected chi connectivity index (χ1v) is 5.04. The van der Waals surface area contributed by atoms with Crippen molar-refractivity contribution in [3.05, 3.63) is 0 Å². The molecule has 0 spiro atoms. The normalized spacial score (nSPS) is 14.9. The minimum absolute atomic E-state index is 0.560. The zero-order chi connectivity index (χ0) is 8.91. The van der Waals surface area contributed by atoms with E-state index in [2.05, 4.69) is 35.5 Å². The highest BCUT2D eigenvalue weighted by molar-refractivity contribution is 6.12. The Hall–Kier alpha value is 0.0649. The van der Waals surface area contributed by atoms with Crippen LogP contribution in [0.4, 0.5) is 0 Å². The summed E-state index contributed by atoms with van der Waals surface area (Å²) in [7, 11) is 2.37.